The molecule has 0 radical (unpaired) electrons. The Hall–Kier alpha value is -3.62. The summed E-state index contributed by atoms with van der Waals surface area (Å²) in [5.74, 6) is 1.70. The number of aryl methyl sites for hydroxylation is 1. The number of carbonyl (C=O) groups excluding carboxylic acids is 1. The van der Waals surface area contributed by atoms with Gasteiger partial charge in [0.05, 0.1) is 29.8 Å². The minimum atomic E-state index is -0.0481. The number of hydrogen-bond acceptors (Lipinski definition) is 4. The van der Waals surface area contributed by atoms with Crippen molar-refractivity contribution < 1.29 is 4.79 Å². The van der Waals surface area contributed by atoms with E-state index in [0.29, 0.717) is 19.0 Å². The number of urea groups is 1. The number of nitrogens with zero attached hydrogens (tertiary/aromatic N) is 6. The highest BCUT2D eigenvalue weighted by Gasteiger charge is 2.34. The van der Waals surface area contributed by atoms with Crippen LogP contribution < -0.4 is 5.32 Å². The van der Waals surface area contributed by atoms with Gasteiger partial charge in [0.1, 0.15) is 5.82 Å². The van der Waals surface area contributed by atoms with Crippen molar-refractivity contribution in [1.29, 1.82) is 0 Å². The molecule has 4 aromatic rings. The zero-order valence-electron chi connectivity index (χ0n) is 17.6. The van der Waals surface area contributed by atoms with Crippen LogP contribution in [0, 0.1) is 0 Å². The number of aromatic nitrogens is 6. The first kappa shape index (κ1) is 18.2. The van der Waals surface area contributed by atoms with Crippen LogP contribution in [0.5, 0.6) is 0 Å². The average Bonchev–Trinajstić information content (AvgIpc) is 3.23. The maximum absolute atomic E-state index is 12.3. The van der Waals surface area contributed by atoms with Gasteiger partial charge in [-0.1, -0.05) is 0 Å². The molecule has 9 heteroatoms. The summed E-state index contributed by atoms with van der Waals surface area (Å²) in [5.41, 5.74) is 5.97. The molecule has 1 saturated carbocycles. The number of hydrogen-bond donors (Lipinski definition) is 2. The Balaban J connectivity index is 1.45. The molecule has 0 spiro atoms. The molecule has 2 amide bonds. The van der Waals surface area contributed by atoms with E-state index in [1.165, 1.54) is 12.8 Å². The summed E-state index contributed by atoms with van der Waals surface area (Å²) in [6.45, 7) is 2.04. The molecule has 1 aliphatic carbocycles. The average molecular weight is 416 g/mol. The number of nitrogens with one attached hydrogen (secondary N) is 2. The summed E-state index contributed by atoms with van der Waals surface area (Å²) in [6, 6.07) is 2.00. The number of H-pyrrole nitrogens is 1. The Labute approximate surface area is 179 Å². The first-order valence-corrected chi connectivity index (χ1v) is 10.6. The van der Waals surface area contributed by atoms with Gasteiger partial charge in [0.25, 0.3) is 0 Å². The monoisotopic (exact) mass is 416 g/mol. The predicted molar refractivity (Wildman–Crippen MR) is 116 cm³/mol. The van der Waals surface area contributed by atoms with Crippen LogP contribution in [-0.2, 0) is 20.1 Å². The first-order chi connectivity index (χ1) is 15.1. The molecule has 0 atom stereocenters. The number of pyridine rings is 1. The third kappa shape index (κ3) is 2.91. The molecule has 2 aliphatic rings. The number of carbonyl (C=O) groups is 1. The number of amides is 2. The number of imidazole rings is 1. The van der Waals surface area contributed by atoms with E-state index in [1.54, 1.807) is 11.7 Å². The number of rotatable bonds is 3. The predicted octanol–water partition coefficient (Wildman–Crippen LogP) is 2.86. The maximum Gasteiger partial charge on any atom is 0.317 e. The topological polar surface area (TPSA) is 96.7 Å². The van der Waals surface area contributed by atoms with Crippen molar-refractivity contribution >= 4 is 16.9 Å². The molecule has 4 aromatic heterocycles. The Morgan fingerprint density at radius 3 is 2.87 bits per heavy atom. The molecule has 2 N–H and O–H groups in total. The third-order valence-corrected chi connectivity index (χ3v) is 6.30. The van der Waals surface area contributed by atoms with Gasteiger partial charge in [-0.2, -0.15) is 5.10 Å². The van der Waals surface area contributed by atoms with Crippen LogP contribution in [0.1, 0.15) is 30.3 Å². The lowest BCUT2D eigenvalue weighted by molar-refractivity contribution is 0.185. The molecule has 1 aliphatic heterocycles. The van der Waals surface area contributed by atoms with Crippen LogP contribution in [0.25, 0.3) is 33.4 Å². The van der Waals surface area contributed by atoms with Crippen LogP contribution in [-0.4, -0.2) is 53.8 Å². The summed E-state index contributed by atoms with van der Waals surface area (Å²) in [7, 11) is 3.58. The van der Waals surface area contributed by atoms with E-state index in [2.05, 4.69) is 31.0 Å². The summed E-state index contributed by atoms with van der Waals surface area (Å²) < 4.78 is 4.11. The molecule has 1 fully saturated rings. The number of fused-ring (bicyclic) bond motifs is 2. The molecule has 9 nitrogen and oxygen atoms in total. The highest BCUT2D eigenvalue weighted by Crippen LogP contribution is 2.43. The fourth-order valence-corrected chi connectivity index (χ4v) is 4.52. The normalized spacial score (nSPS) is 16.0. The van der Waals surface area contributed by atoms with Crippen LogP contribution in [0.2, 0.25) is 0 Å². The zero-order chi connectivity index (χ0) is 21.1. The van der Waals surface area contributed by atoms with Crippen molar-refractivity contribution in [1.82, 2.24) is 39.5 Å². The van der Waals surface area contributed by atoms with Gasteiger partial charge in [-0.25, -0.2) is 9.78 Å². The lowest BCUT2D eigenvalue weighted by Crippen LogP contribution is -2.43. The Morgan fingerprint density at radius 2 is 2.13 bits per heavy atom. The van der Waals surface area contributed by atoms with E-state index in [1.807, 2.05) is 36.7 Å². The zero-order valence-corrected chi connectivity index (χ0v) is 17.6. The van der Waals surface area contributed by atoms with Crippen molar-refractivity contribution in [3.8, 4) is 22.5 Å². The molecular formula is C22H24N8O. The Bertz CT molecular complexity index is 1310. The van der Waals surface area contributed by atoms with E-state index in [0.717, 1.165) is 51.5 Å². The van der Waals surface area contributed by atoms with E-state index in [4.69, 9.17) is 4.98 Å². The van der Waals surface area contributed by atoms with Gasteiger partial charge >= 0.3 is 6.03 Å². The highest BCUT2D eigenvalue weighted by atomic mass is 16.2. The fraction of sp³-hybridized carbons (Fsp3) is 0.364. The van der Waals surface area contributed by atoms with Crippen molar-refractivity contribution in [3.63, 3.8) is 0 Å². The summed E-state index contributed by atoms with van der Waals surface area (Å²) in [6.07, 6.45) is 10.1. The Kier molecular flexibility index (Phi) is 3.92. The lowest BCUT2D eigenvalue weighted by atomic mass is 10.1. The fourth-order valence-electron chi connectivity index (χ4n) is 4.52. The SMILES string of the molecule is CNC(=O)N1CCn2c(C3CC3)nc(-c3c[nH]c4cc(-c5cnn(C)c5)ncc34)c2C1. The van der Waals surface area contributed by atoms with Crippen molar-refractivity contribution in [2.45, 2.75) is 31.8 Å². The summed E-state index contributed by atoms with van der Waals surface area (Å²) in [5, 5.41) is 8.03. The second kappa shape index (κ2) is 6.69. The van der Waals surface area contributed by atoms with Gasteiger partial charge in [0, 0.05) is 73.7 Å². The van der Waals surface area contributed by atoms with E-state index < -0.39 is 0 Å². The molecule has 0 bridgehead atoms. The summed E-state index contributed by atoms with van der Waals surface area (Å²) >= 11 is 0. The van der Waals surface area contributed by atoms with Crippen molar-refractivity contribution in [3.05, 3.63) is 42.4 Å². The van der Waals surface area contributed by atoms with E-state index in [-0.39, 0.29) is 6.03 Å². The minimum absolute atomic E-state index is 0.0481. The summed E-state index contributed by atoms with van der Waals surface area (Å²) in [4.78, 5) is 27.3. The van der Waals surface area contributed by atoms with Crippen LogP contribution >= 0.6 is 0 Å². The van der Waals surface area contributed by atoms with Gasteiger partial charge in [-0.15, -0.1) is 0 Å². The van der Waals surface area contributed by atoms with E-state index in [9.17, 15) is 4.79 Å². The second-order valence-electron chi connectivity index (χ2n) is 8.39. The van der Waals surface area contributed by atoms with Crippen LogP contribution in [0.3, 0.4) is 0 Å². The molecule has 0 aromatic carbocycles. The molecule has 158 valence electrons. The molecule has 6 rings (SSSR count). The van der Waals surface area contributed by atoms with Gasteiger partial charge in [0.2, 0.25) is 0 Å². The van der Waals surface area contributed by atoms with Crippen molar-refractivity contribution in [2.24, 2.45) is 7.05 Å². The second-order valence-corrected chi connectivity index (χ2v) is 8.39. The van der Waals surface area contributed by atoms with Crippen LogP contribution in [0.4, 0.5) is 4.79 Å². The standard InChI is InChI=1S/C22H24N8O/c1-23-22(31)29-5-6-30-19(12-29)20(27-21(30)13-3-4-13)16-10-25-18-7-17(24-9-15(16)18)14-8-26-28(2)11-14/h7-11,13,25H,3-6,12H2,1-2H3,(H,23,31). The number of aromatic amines is 1. The van der Waals surface area contributed by atoms with Crippen LogP contribution in [0.15, 0.2) is 30.9 Å². The largest absolute Gasteiger partial charge is 0.360 e. The smallest absolute Gasteiger partial charge is 0.317 e. The first-order valence-electron chi connectivity index (χ1n) is 10.6. The Morgan fingerprint density at radius 1 is 1.26 bits per heavy atom. The molecule has 0 unspecified atom stereocenters. The quantitative estimate of drug-likeness (QED) is 0.537. The molecular weight excluding hydrogens is 392 g/mol. The van der Waals surface area contributed by atoms with E-state index >= 15 is 0 Å². The molecule has 0 saturated heterocycles. The third-order valence-electron chi connectivity index (χ3n) is 6.30. The van der Waals surface area contributed by atoms with Gasteiger partial charge in [-0.3, -0.25) is 9.67 Å². The van der Waals surface area contributed by atoms with Gasteiger partial charge in [0.15, 0.2) is 0 Å². The van der Waals surface area contributed by atoms with Crippen molar-refractivity contribution in [2.75, 3.05) is 13.6 Å². The molecule has 5 heterocycles. The maximum atomic E-state index is 12.3. The molecule has 31 heavy (non-hydrogen) atoms. The van der Waals surface area contributed by atoms with Gasteiger partial charge < -0.3 is 19.8 Å². The minimum Gasteiger partial charge on any atom is -0.360 e. The van der Waals surface area contributed by atoms with Gasteiger partial charge in [-0.05, 0) is 18.9 Å². The lowest BCUT2D eigenvalue weighted by Gasteiger charge is -2.29. The highest BCUT2D eigenvalue weighted by molar-refractivity contribution is 5.96.